The molecule has 226 valence electrons. The van der Waals surface area contributed by atoms with Gasteiger partial charge in [0.15, 0.2) is 0 Å². The number of nitrogens with one attached hydrogen (secondary N) is 1. The molecule has 0 aliphatic carbocycles. The van der Waals surface area contributed by atoms with Crippen molar-refractivity contribution < 1.29 is 32.3 Å². The summed E-state index contributed by atoms with van der Waals surface area (Å²) in [6, 6.07) is 4.76. The number of hydrogen-bond donors (Lipinski definition) is 1. The third-order valence-electron chi connectivity index (χ3n) is 5.94. The zero-order valence-corrected chi connectivity index (χ0v) is 26.3. The van der Waals surface area contributed by atoms with Crippen LogP contribution < -0.4 is 10.1 Å². The van der Waals surface area contributed by atoms with Crippen molar-refractivity contribution in [2.75, 3.05) is 26.5 Å². The quantitative estimate of drug-likeness (QED) is 0.422. The van der Waals surface area contributed by atoms with Gasteiger partial charge in [0.2, 0.25) is 0 Å². The molecule has 14 heteroatoms. The van der Waals surface area contributed by atoms with Crippen LogP contribution in [0.4, 0.5) is 4.79 Å². The fourth-order valence-electron chi connectivity index (χ4n) is 3.82. The molecular formula is C27H39N5O7S2. The largest absolute Gasteiger partial charge is 0.464 e. The van der Waals surface area contributed by atoms with Crippen LogP contribution in [0.5, 0.6) is 5.75 Å². The van der Waals surface area contributed by atoms with E-state index in [0.717, 1.165) is 6.20 Å². The Morgan fingerprint density at radius 3 is 2.32 bits per heavy atom. The average molecular weight is 610 g/mol. The van der Waals surface area contributed by atoms with Gasteiger partial charge in [0.25, 0.3) is 15.9 Å². The lowest BCUT2D eigenvalue weighted by Crippen LogP contribution is -2.56. The van der Waals surface area contributed by atoms with Crippen LogP contribution in [0.25, 0.3) is 0 Å². The maximum Gasteiger partial charge on any atom is 0.414 e. The summed E-state index contributed by atoms with van der Waals surface area (Å²) in [7, 11) is 0.129. The first-order valence-electron chi connectivity index (χ1n) is 13.0. The Morgan fingerprint density at radius 1 is 1.20 bits per heavy atom. The molecule has 1 aliphatic heterocycles. The second-order valence-corrected chi connectivity index (χ2v) is 14.9. The molecule has 0 saturated carbocycles. The Bertz CT molecular complexity index is 1370. The molecule has 41 heavy (non-hydrogen) atoms. The number of aromatic nitrogens is 2. The molecule has 0 spiro atoms. The van der Waals surface area contributed by atoms with Gasteiger partial charge in [-0.25, -0.2) is 22.3 Å². The number of carbonyl (C=O) groups excluding carboxylic acids is 3. The van der Waals surface area contributed by atoms with Crippen molar-refractivity contribution in [3.05, 3.63) is 42.2 Å². The minimum absolute atomic E-state index is 0.0141. The van der Waals surface area contributed by atoms with E-state index in [-0.39, 0.29) is 23.7 Å². The van der Waals surface area contributed by atoms with E-state index in [2.05, 4.69) is 10.4 Å². The first kappa shape index (κ1) is 32.4. The van der Waals surface area contributed by atoms with E-state index in [1.54, 1.807) is 33.3 Å². The van der Waals surface area contributed by atoms with Gasteiger partial charge >= 0.3 is 12.1 Å². The molecular weight excluding hydrogens is 570 g/mol. The summed E-state index contributed by atoms with van der Waals surface area (Å²) in [5.41, 5.74) is -0.294. The van der Waals surface area contributed by atoms with Gasteiger partial charge in [0.1, 0.15) is 22.1 Å². The molecule has 3 rings (SSSR count). The lowest BCUT2D eigenvalue weighted by molar-refractivity contribution is -0.154. The highest BCUT2D eigenvalue weighted by Gasteiger charge is 2.47. The Hall–Kier alpha value is -3.10. The molecule has 1 aromatic carbocycles. The van der Waals surface area contributed by atoms with E-state index in [4.69, 9.17) is 9.47 Å². The van der Waals surface area contributed by atoms with Gasteiger partial charge in [0, 0.05) is 45.1 Å². The Balaban J connectivity index is 2.05. The van der Waals surface area contributed by atoms with Crippen molar-refractivity contribution in [2.45, 2.75) is 62.9 Å². The molecule has 1 saturated heterocycles. The first-order valence-corrected chi connectivity index (χ1v) is 15.5. The molecule has 0 bridgehead atoms. The van der Waals surface area contributed by atoms with Crippen LogP contribution in [0.3, 0.4) is 0 Å². The van der Waals surface area contributed by atoms with Gasteiger partial charge < -0.3 is 14.4 Å². The summed E-state index contributed by atoms with van der Waals surface area (Å²) in [4.78, 5) is 40.6. The predicted molar refractivity (Wildman–Crippen MR) is 155 cm³/mol. The summed E-state index contributed by atoms with van der Waals surface area (Å²) in [6.45, 7) is 9.46. The Morgan fingerprint density at radius 2 is 1.83 bits per heavy atom. The fraction of sp³-hybridized carbons (Fsp3) is 0.556. The predicted octanol–water partition coefficient (Wildman–Crippen LogP) is 2.64. The zero-order chi connectivity index (χ0) is 30.8. The van der Waals surface area contributed by atoms with Gasteiger partial charge in [-0.2, -0.15) is 5.10 Å². The molecule has 1 fully saturated rings. The van der Waals surface area contributed by atoms with Crippen molar-refractivity contribution in [3.63, 3.8) is 0 Å². The van der Waals surface area contributed by atoms with E-state index < -0.39 is 50.4 Å². The highest BCUT2D eigenvalue weighted by atomic mass is 32.2. The van der Waals surface area contributed by atoms with Gasteiger partial charge in [-0.15, -0.1) is 11.8 Å². The number of aryl methyl sites for hydroxylation is 1. The van der Waals surface area contributed by atoms with E-state index in [1.165, 1.54) is 39.7 Å². The summed E-state index contributed by atoms with van der Waals surface area (Å²) >= 11 is 1.27. The smallest absolute Gasteiger partial charge is 0.414 e. The van der Waals surface area contributed by atoms with Crippen molar-refractivity contribution >= 4 is 39.8 Å². The maximum absolute atomic E-state index is 14.0. The first-order chi connectivity index (χ1) is 18.9. The number of esters is 1. The molecule has 2 aromatic rings. The number of ether oxygens (including phenoxy) is 2. The lowest BCUT2D eigenvalue weighted by Gasteiger charge is -2.32. The molecule has 2 heterocycles. The molecule has 1 N–H and O–H groups in total. The number of rotatable bonds is 9. The van der Waals surface area contributed by atoms with Crippen molar-refractivity contribution in [1.82, 2.24) is 24.3 Å². The maximum atomic E-state index is 14.0. The van der Waals surface area contributed by atoms with Gasteiger partial charge in [-0.05, 0) is 37.0 Å². The van der Waals surface area contributed by atoms with E-state index in [1.807, 2.05) is 34.6 Å². The number of sulfonamides is 1. The number of carbonyl (C=O) groups is 3. The second kappa shape index (κ2) is 12.4. The Kier molecular flexibility index (Phi) is 9.81. The standard InChI is InChI=1S/C27H39N5O7S2/c1-26(2,3)16-38-24(34)21(13-18-9-11-19(12-10-18)39-25(35)30(6)7)32(23(33)22-29-27(4,5)17-40-22)41(36,37)20-14-28-31(8)15-20/h9-12,14-15,21-22,29H,13,16-17H2,1-8H3/t21-,22-/m0/s1. The van der Waals surface area contributed by atoms with E-state index in [0.29, 0.717) is 15.6 Å². The third-order valence-corrected chi connectivity index (χ3v) is 9.24. The van der Waals surface area contributed by atoms with Crippen LogP contribution in [0.2, 0.25) is 0 Å². The summed E-state index contributed by atoms with van der Waals surface area (Å²) in [6.07, 6.45) is 1.68. The third kappa shape index (κ3) is 8.46. The van der Waals surface area contributed by atoms with Crippen LogP contribution in [0.1, 0.15) is 40.2 Å². The van der Waals surface area contributed by atoms with Gasteiger partial charge in [-0.3, -0.25) is 14.8 Å². The van der Waals surface area contributed by atoms with Crippen molar-refractivity contribution in [2.24, 2.45) is 12.5 Å². The lowest BCUT2D eigenvalue weighted by atomic mass is 9.98. The summed E-state index contributed by atoms with van der Waals surface area (Å²) in [5.74, 6) is -0.801. The minimum Gasteiger partial charge on any atom is -0.464 e. The normalized spacial score (nSPS) is 17.5. The van der Waals surface area contributed by atoms with Crippen LogP contribution in [-0.2, 0) is 37.8 Å². The molecule has 1 aliphatic rings. The SMILES string of the molecule is CN(C)C(=O)Oc1ccc(C[C@@H](C(=O)OCC(C)(C)C)N(C(=O)[C@H]2NC(C)(C)CS2)S(=O)(=O)c2cnn(C)c2)cc1. The van der Waals surface area contributed by atoms with E-state index >= 15 is 0 Å². The number of benzene rings is 1. The number of amides is 2. The summed E-state index contributed by atoms with van der Waals surface area (Å²) in [5, 5.41) is 6.23. The molecule has 2 amide bonds. The van der Waals surface area contributed by atoms with Crippen LogP contribution in [-0.4, -0.2) is 88.8 Å². The van der Waals surface area contributed by atoms with Crippen LogP contribution >= 0.6 is 11.8 Å². The second-order valence-electron chi connectivity index (χ2n) is 12.0. The topological polar surface area (TPSA) is 140 Å². The number of hydrogen-bond acceptors (Lipinski definition) is 10. The monoisotopic (exact) mass is 609 g/mol. The van der Waals surface area contributed by atoms with Crippen LogP contribution in [0.15, 0.2) is 41.6 Å². The number of nitrogens with zero attached hydrogens (tertiary/aromatic N) is 4. The average Bonchev–Trinajstić information content (AvgIpc) is 3.47. The molecule has 2 atom stereocenters. The summed E-state index contributed by atoms with van der Waals surface area (Å²) < 4.78 is 40.9. The number of thioether (sulfide) groups is 1. The molecule has 12 nitrogen and oxygen atoms in total. The van der Waals surface area contributed by atoms with Gasteiger partial charge in [0.05, 0.1) is 12.8 Å². The highest BCUT2D eigenvalue weighted by molar-refractivity contribution is 8.01. The minimum atomic E-state index is -4.53. The molecule has 0 radical (unpaired) electrons. The highest BCUT2D eigenvalue weighted by Crippen LogP contribution is 2.31. The van der Waals surface area contributed by atoms with Crippen molar-refractivity contribution in [3.8, 4) is 5.75 Å². The molecule has 0 unspecified atom stereocenters. The molecule has 1 aromatic heterocycles. The fourth-order valence-corrected chi connectivity index (χ4v) is 6.74. The van der Waals surface area contributed by atoms with Crippen molar-refractivity contribution in [1.29, 1.82) is 0 Å². The van der Waals surface area contributed by atoms with E-state index in [9.17, 15) is 22.8 Å². The van der Waals surface area contributed by atoms with Crippen LogP contribution in [0, 0.1) is 5.41 Å². The Labute approximate surface area is 245 Å². The zero-order valence-electron chi connectivity index (χ0n) is 24.7. The van der Waals surface area contributed by atoms with Gasteiger partial charge in [-0.1, -0.05) is 32.9 Å².